The van der Waals surface area contributed by atoms with E-state index in [0.717, 1.165) is 33.6 Å². The van der Waals surface area contributed by atoms with Crippen LogP contribution in [0, 0.1) is 17.3 Å². The van der Waals surface area contributed by atoms with Gasteiger partial charge in [-0.05, 0) is 75.7 Å². The quantitative estimate of drug-likeness (QED) is 0.155. The Labute approximate surface area is 273 Å². The number of para-hydroxylation sites is 1. The lowest BCUT2D eigenvalue weighted by atomic mass is 9.90. The van der Waals surface area contributed by atoms with Crippen molar-refractivity contribution in [2.75, 3.05) is 31.7 Å². The molecule has 5 rings (SSSR count). The van der Waals surface area contributed by atoms with Crippen molar-refractivity contribution in [1.82, 2.24) is 20.0 Å². The van der Waals surface area contributed by atoms with Crippen molar-refractivity contribution in [2.24, 2.45) is 5.41 Å². The monoisotopic (exact) mass is 635 g/mol. The number of hydrogen-bond acceptors (Lipinski definition) is 10. The van der Waals surface area contributed by atoms with Crippen molar-refractivity contribution in [3.05, 3.63) is 78.6 Å². The van der Waals surface area contributed by atoms with Crippen LogP contribution in [0.25, 0.3) is 22.3 Å². The maximum Gasteiger partial charge on any atom is 0.338 e. The number of likely N-dealkylation sites (N-methyl/N-ethyl adjacent to an activating group) is 1. The molecule has 0 bridgehead atoms. The summed E-state index contributed by atoms with van der Waals surface area (Å²) >= 11 is 0. The van der Waals surface area contributed by atoms with Gasteiger partial charge in [-0.25, -0.2) is 14.8 Å². The predicted octanol–water partition coefficient (Wildman–Crippen LogP) is 4.99. The second-order valence-electron chi connectivity index (χ2n) is 11.8. The summed E-state index contributed by atoms with van der Waals surface area (Å²) < 4.78 is 11.8. The predicted molar refractivity (Wildman–Crippen MR) is 176 cm³/mol. The number of hydroxylamine groups is 2. The topological polar surface area (TPSA) is 124 Å². The first kappa shape index (κ1) is 33.0. The Morgan fingerprint density at radius 1 is 1.00 bits per heavy atom. The molecule has 47 heavy (non-hydrogen) atoms. The molecule has 4 aromatic rings. The number of hydrogen-bond donors (Lipinski definition) is 0. The molecule has 0 spiro atoms. The van der Waals surface area contributed by atoms with Crippen molar-refractivity contribution in [1.29, 1.82) is 0 Å². The second kappa shape index (κ2) is 14.8. The average molecular weight is 636 g/mol. The smallest absolute Gasteiger partial charge is 0.338 e. The van der Waals surface area contributed by atoms with Crippen LogP contribution in [0.3, 0.4) is 0 Å². The van der Waals surface area contributed by atoms with Gasteiger partial charge >= 0.3 is 5.97 Å². The van der Waals surface area contributed by atoms with Gasteiger partial charge in [-0.2, -0.15) is 0 Å². The van der Waals surface area contributed by atoms with Crippen LogP contribution in [-0.2, 0) is 24.0 Å². The van der Waals surface area contributed by atoms with E-state index in [1.165, 1.54) is 0 Å². The van der Waals surface area contributed by atoms with Gasteiger partial charge in [0.2, 0.25) is 0 Å². The lowest BCUT2D eigenvalue weighted by molar-refractivity contribution is -0.204. The number of rotatable bonds is 12. The van der Waals surface area contributed by atoms with Gasteiger partial charge in [-0.15, -0.1) is 5.06 Å². The summed E-state index contributed by atoms with van der Waals surface area (Å²) in [6.07, 6.45) is 3.53. The molecular weight excluding hydrogens is 598 g/mol. The zero-order valence-corrected chi connectivity index (χ0v) is 26.9. The van der Waals surface area contributed by atoms with Gasteiger partial charge in [0.05, 0.1) is 17.5 Å². The van der Waals surface area contributed by atoms with E-state index >= 15 is 0 Å². The summed E-state index contributed by atoms with van der Waals surface area (Å²) in [4.78, 5) is 56.9. The Morgan fingerprint density at radius 3 is 2.47 bits per heavy atom. The van der Waals surface area contributed by atoms with E-state index in [-0.39, 0.29) is 25.6 Å². The molecular formula is C36H37N5O6. The first-order valence-corrected chi connectivity index (χ1v) is 15.4. The van der Waals surface area contributed by atoms with Crippen LogP contribution in [0.4, 0.5) is 5.82 Å². The third kappa shape index (κ3) is 8.48. The Bertz CT molecular complexity index is 1780. The minimum atomic E-state index is -0.952. The van der Waals surface area contributed by atoms with Gasteiger partial charge in [-0.3, -0.25) is 14.6 Å². The minimum Gasteiger partial charge on any atom is -0.492 e. The fourth-order valence-electron chi connectivity index (χ4n) is 4.70. The fraction of sp³-hybridized carbons (Fsp3) is 0.333. The Balaban J connectivity index is 1.09. The van der Waals surface area contributed by atoms with Crippen LogP contribution >= 0.6 is 0 Å². The number of anilines is 1. The van der Waals surface area contributed by atoms with Crippen LogP contribution in [0.2, 0.25) is 0 Å². The number of fused-ring (bicyclic) bond motifs is 1. The number of nitrogens with zero attached hydrogens (tertiary/aromatic N) is 5. The number of ether oxygens (including phenoxy) is 2. The zero-order valence-electron chi connectivity index (χ0n) is 26.9. The molecule has 2 aromatic heterocycles. The highest BCUT2D eigenvalue weighted by molar-refractivity contribution is 6.01. The van der Waals surface area contributed by atoms with Gasteiger partial charge < -0.3 is 19.2 Å². The molecule has 0 N–H and O–H groups in total. The molecule has 2 aromatic carbocycles. The summed E-state index contributed by atoms with van der Waals surface area (Å²) in [5.41, 5.74) is 1.57. The third-order valence-electron chi connectivity index (χ3n) is 7.66. The maximum atomic E-state index is 12.5. The summed E-state index contributed by atoms with van der Waals surface area (Å²) in [5, 5.41) is 1.53. The van der Waals surface area contributed by atoms with Crippen LogP contribution in [-0.4, -0.2) is 70.7 Å². The number of pyridine rings is 1. The van der Waals surface area contributed by atoms with Crippen LogP contribution in [0.5, 0.6) is 5.75 Å². The van der Waals surface area contributed by atoms with Crippen molar-refractivity contribution in [3.8, 4) is 29.0 Å². The number of imide groups is 1. The van der Waals surface area contributed by atoms with Gasteiger partial charge in [0.15, 0.2) is 5.82 Å². The highest BCUT2D eigenvalue weighted by atomic mass is 16.7. The van der Waals surface area contributed by atoms with Crippen LogP contribution in [0.15, 0.2) is 73.1 Å². The van der Waals surface area contributed by atoms with Crippen molar-refractivity contribution in [2.45, 2.75) is 46.1 Å². The van der Waals surface area contributed by atoms with E-state index in [4.69, 9.17) is 24.3 Å². The van der Waals surface area contributed by atoms with Crippen LogP contribution in [0.1, 0.15) is 45.6 Å². The number of benzene rings is 2. The molecule has 0 saturated carbocycles. The van der Waals surface area contributed by atoms with E-state index in [2.05, 4.69) is 21.7 Å². The number of amides is 2. The van der Waals surface area contributed by atoms with Crippen molar-refractivity contribution >= 4 is 34.5 Å². The first-order chi connectivity index (χ1) is 22.6. The third-order valence-corrected chi connectivity index (χ3v) is 7.66. The molecule has 1 saturated heterocycles. The normalized spacial score (nSPS) is 13.7. The maximum absolute atomic E-state index is 12.5. The van der Waals surface area contributed by atoms with E-state index in [1.807, 2.05) is 74.6 Å². The van der Waals surface area contributed by atoms with Crippen LogP contribution < -0.4 is 9.64 Å². The Kier molecular flexibility index (Phi) is 10.4. The van der Waals surface area contributed by atoms with Crippen molar-refractivity contribution < 1.29 is 28.7 Å². The molecule has 3 heterocycles. The fourth-order valence-corrected chi connectivity index (χ4v) is 4.70. The summed E-state index contributed by atoms with van der Waals surface area (Å²) in [6.45, 7) is 6.48. The van der Waals surface area contributed by atoms with E-state index < -0.39 is 23.2 Å². The molecule has 1 atom stereocenters. The lowest BCUT2D eigenvalue weighted by Crippen LogP contribution is -2.38. The summed E-state index contributed by atoms with van der Waals surface area (Å²) in [5.74, 6) is 6.66. The highest BCUT2D eigenvalue weighted by Gasteiger charge is 2.38. The van der Waals surface area contributed by atoms with E-state index in [0.29, 0.717) is 30.5 Å². The van der Waals surface area contributed by atoms with Gasteiger partial charge in [0.1, 0.15) is 24.3 Å². The average Bonchev–Trinajstić information content (AvgIpc) is 3.39. The van der Waals surface area contributed by atoms with Gasteiger partial charge in [0, 0.05) is 55.4 Å². The second-order valence-corrected chi connectivity index (χ2v) is 11.8. The molecule has 1 fully saturated rings. The highest BCUT2D eigenvalue weighted by Crippen LogP contribution is 2.27. The molecule has 242 valence electrons. The zero-order chi connectivity index (χ0) is 33.4. The lowest BCUT2D eigenvalue weighted by Gasteiger charge is -2.24. The number of carbonyl (C=O) groups excluding carboxylic acids is 3. The number of carbonyl (C=O) groups is 3. The van der Waals surface area contributed by atoms with Gasteiger partial charge in [-0.1, -0.05) is 24.0 Å². The first-order valence-electron chi connectivity index (χ1n) is 15.4. The molecule has 1 unspecified atom stereocenters. The minimum absolute atomic E-state index is 0.0526. The molecule has 2 amide bonds. The standard InChI is InChI=1S/C36H37N5O6/c1-25(45-22-19-36(2,3)35(44)47-41-31(42)17-18-32(41)43)11-12-26-13-15-28(16-14-26)46-23-21-40(4)34-29-9-5-6-10-30(29)38-33(39-34)27-8-7-20-37-24-27/h5-10,13-16,20,24-25H,17-19,21-23H2,1-4H3. The molecule has 1 aliphatic rings. The molecule has 11 nitrogen and oxygen atoms in total. The molecule has 11 heteroatoms. The van der Waals surface area contributed by atoms with Crippen molar-refractivity contribution in [3.63, 3.8) is 0 Å². The van der Waals surface area contributed by atoms with E-state index in [9.17, 15) is 14.4 Å². The molecule has 0 aliphatic carbocycles. The summed E-state index contributed by atoms with van der Waals surface area (Å²) in [6, 6.07) is 19.3. The molecule has 0 radical (unpaired) electrons. The largest absolute Gasteiger partial charge is 0.492 e. The Hall–Kier alpha value is -5.34. The molecule has 1 aliphatic heterocycles. The van der Waals surface area contributed by atoms with E-state index in [1.54, 1.807) is 26.2 Å². The summed E-state index contributed by atoms with van der Waals surface area (Å²) in [7, 11) is 1.98. The number of aromatic nitrogens is 3. The van der Waals surface area contributed by atoms with Gasteiger partial charge in [0.25, 0.3) is 11.8 Å². The Morgan fingerprint density at radius 2 is 1.74 bits per heavy atom. The SMILES string of the molecule is CC(C#Cc1ccc(OCCN(C)c2nc(-c3cccnc3)nc3ccccc23)cc1)OCCC(C)(C)C(=O)ON1C(=O)CCC1=O.